The number of aryl methyl sites for hydroxylation is 1. The number of carbonyl (C=O) groups excluding carboxylic acids is 1. The molecule has 0 aromatic carbocycles. The van der Waals surface area contributed by atoms with Gasteiger partial charge in [0, 0.05) is 4.88 Å². The molecule has 0 N–H and O–H groups in total. The number of hydrogen-bond acceptors (Lipinski definition) is 5. The molecule has 1 atom stereocenters. The van der Waals surface area contributed by atoms with E-state index in [-0.39, 0.29) is 18.1 Å². The van der Waals surface area contributed by atoms with E-state index < -0.39 is 0 Å². The van der Waals surface area contributed by atoms with Crippen LogP contribution in [0.4, 0.5) is 0 Å². The second kappa shape index (κ2) is 6.20. The van der Waals surface area contributed by atoms with E-state index >= 15 is 0 Å². The first-order valence-electron chi connectivity index (χ1n) is 7.78. The van der Waals surface area contributed by atoms with Gasteiger partial charge in [0.15, 0.2) is 0 Å². The zero-order valence-electron chi connectivity index (χ0n) is 12.9. The Morgan fingerprint density at radius 1 is 1.55 bits per heavy atom. The predicted molar refractivity (Wildman–Crippen MR) is 86.5 cm³/mol. The summed E-state index contributed by atoms with van der Waals surface area (Å²) in [5.41, 5.74) is 1.03. The van der Waals surface area contributed by atoms with E-state index in [1.165, 1.54) is 22.2 Å². The zero-order chi connectivity index (χ0) is 15.7. The van der Waals surface area contributed by atoms with Crippen LogP contribution < -0.4 is 5.56 Å². The Morgan fingerprint density at radius 2 is 2.36 bits per heavy atom. The minimum absolute atomic E-state index is 0.0687. The number of esters is 1. The Hall–Kier alpha value is -1.69. The van der Waals surface area contributed by atoms with Gasteiger partial charge >= 0.3 is 5.97 Å². The summed E-state index contributed by atoms with van der Waals surface area (Å²) in [5.74, 6) is -0.00265. The molecule has 2 aromatic heterocycles. The molecule has 0 saturated carbocycles. The molecule has 0 amide bonds. The van der Waals surface area contributed by atoms with Gasteiger partial charge in [0.25, 0.3) is 5.56 Å². The molecule has 6 heteroatoms. The third-order valence-corrected chi connectivity index (χ3v) is 5.27. The van der Waals surface area contributed by atoms with Crippen LogP contribution in [0.25, 0.3) is 10.2 Å². The Balaban J connectivity index is 2.00. The van der Waals surface area contributed by atoms with Gasteiger partial charge in [-0.2, -0.15) is 0 Å². The summed E-state index contributed by atoms with van der Waals surface area (Å²) in [6, 6.07) is 0. The number of thiophene rings is 1. The molecular weight excluding hydrogens is 300 g/mol. The van der Waals surface area contributed by atoms with Crippen molar-refractivity contribution in [2.45, 2.75) is 52.0 Å². The molecule has 2 aromatic rings. The smallest absolute Gasteiger partial charge is 0.326 e. The van der Waals surface area contributed by atoms with Crippen molar-refractivity contribution in [3.63, 3.8) is 0 Å². The van der Waals surface area contributed by atoms with Crippen molar-refractivity contribution in [1.29, 1.82) is 0 Å². The van der Waals surface area contributed by atoms with Crippen molar-refractivity contribution >= 4 is 27.5 Å². The lowest BCUT2D eigenvalue weighted by Crippen LogP contribution is -2.26. The Kier molecular flexibility index (Phi) is 4.29. The molecule has 22 heavy (non-hydrogen) atoms. The summed E-state index contributed by atoms with van der Waals surface area (Å²) in [6.45, 7) is 4.41. The second-order valence-corrected chi connectivity index (χ2v) is 6.89. The average molecular weight is 320 g/mol. The molecule has 0 spiro atoms. The van der Waals surface area contributed by atoms with Gasteiger partial charge in [-0.3, -0.25) is 14.2 Å². The molecular formula is C16H20N2O3S. The Bertz CT molecular complexity index is 763. The number of rotatable bonds is 4. The fourth-order valence-electron chi connectivity index (χ4n) is 3.03. The molecule has 1 aliphatic carbocycles. The number of aromatic nitrogens is 2. The van der Waals surface area contributed by atoms with E-state index in [1.807, 2.05) is 6.92 Å². The van der Waals surface area contributed by atoms with Crippen LogP contribution in [0, 0.1) is 0 Å². The van der Waals surface area contributed by atoms with E-state index in [2.05, 4.69) is 11.9 Å². The van der Waals surface area contributed by atoms with E-state index in [1.54, 1.807) is 11.3 Å². The maximum atomic E-state index is 12.7. The molecule has 3 rings (SSSR count). The normalized spacial score (nSPS) is 17.5. The quantitative estimate of drug-likeness (QED) is 0.813. The highest BCUT2D eigenvalue weighted by Crippen LogP contribution is 2.39. The lowest BCUT2D eigenvalue weighted by molar-refractivity contribution is -0.144. The number of nitrogens with zero attached hydrogens (tertiary/aromatic N) is 2. The van der Waals surface area contributed by atoms with Crippen LogP contribution in [0.1, 0.15) is 49.5 Å². The molecule has 0 radical (unpaired) electrons. The van der Waals surface area contributed by atoms with Crippen LogP contribution in [0.2, 0.25) is 0 Å². The highest BCUT2D eigenvalue weighted by molar-refractivity contribution is 7.18. The highest BCUT2D eigenvalue weighted by Gasteiger charge is 2.25. The van der Waals surface area contributed by atoms with Crippen molar-refractivity contribution in [3.8, 4) is 0 Å². The highest BCUT2D eigenvalue weighted by atomic mass is 32.1. The minimum Gasteiger partial charge on any atom is -0.464 e. The maximum Gasteiger partial charge on any atom is 0.326 e. The standard InChI is InChI=1S/C16H20N2O3S/c1-3-7-21-12(19)8-18-9-17-15-14(16(18)20)13-10(2)5-4-6-11(13)22-15/h9-10H,3-8H2,1-2H3. The van der Waals surface area contributed by atoms with Crippen LogP contribution >= 0.6 is 11.3 Å². The second-order valence-electron chi connectivity index (χ2n) is 5.81. The van der Waals surface area contributed by atoms with Crippen LogP contribution in [-0.2, 0) is 22.5 Å². The molecule has 0 fully saturated rings. The molecule has 5 nitrogen and oxygen atoms in total. The lowest BCUT2D eigenvalue weighted by Gasteiger charge is -2.18. The SMILES string of the molecule is CCCOC(=O)Cn1cnc2sc3c(c2c1=O)C(C)CCC3. The van der Waals surface area contributed by atoms with Crippen LogP contribution in [-0.4, -0.2) is 22.1 Å². The molecule has 0 aliphatic heterocycles. The number of ether oxygens (including phenoxy) is 1. The van der Waals surface area contributed by atoms with Gasteiger partial charge in [-0.25, -0.2) is 4.98 Å². The molecule has 1 unspecified atom stereocenters. The summed E-state index contributed by atoms with van der Waals surface area (Å²) >= 11 is 1.62. The van der Waals surface area contributed by atoms with E-state index in [0.29, 0.717) is 17.9 Å². The fourth-order valence-corrected chi connectivity index (χ4v) is 4.32. The molecule has 0 bridgehead atoms. The van der Waals surface area contributed by atoms with Crippen LogP contribution in [0.5, 0.6) is 0 Å². The number of hydrogen-bond donors (Lipinski definition) is 0. The number of carbonyl (C=O) groups is 1. The Morgan fingerprint density at radius 3 is 3.14 bits per heavy atom. The van der Waals surface area contributed by atoms with Gasteiger partial charge in [-0.05, 0) is 37.2 Å². The first kappa shape index (κ1) is 15.2. The van der Waals surface area contributed by atoms with Crippen LogP contribution in [0.3, 0.4) is 0 Å². The third kappa shape index (κ3) is 2.67. The maximum absolute atomic E-state index is 12.7. The monoisotopic (exact) mass is 320 g/mol. The molecule has 1 aliphatic rings. The average Bonchev–Trinajstić information content (AvgIpc) is 2.88. The largest absolute Gasteiger partial charge is 0.464 e. The van der Waals surface area contributed by atoms with Gasteiger partial charge in [-0.15, -0.1) is 11.3 Å². The van der Waals surface area contributed by atoms with E-state index in [0.717, 1.165) is 29.7 Å². The van der Waals surface area contributed by atoms with Crippen molar-refractivity contribution in [2.24, 2.45) is 0 Å². The number of fused-ring (bicyclic) bond motifs is 3. The summed E-state index contributed by atoms with van der Waals surface area (Å²) in [4.78, 5) is 30.9. The fraction of sp³-hybridized carbons (Fsp3) is 0.562. The third-order valence-electron chi connectivity index (χ3n) is 4.09. The Labute approximate surface area is 132 Å². The van der Waals surface area contributed by atoms with Crippen molar-refractivity contribution in [1.82, 2.24) is 9.55 Å². The summed E-state index contributed by atoms with van der Waals surface area (Å²) in [7, 11) is 0. The molecule has 118 valence electrons. The topological polar surface area (TPSA) is 61.2 Å². The van der Waals surface area contributed by atoms with Crippen LogP contribution in [0.15, 0.2) is 11.1 Å². The summed E-state index contributed by atoms with van der Waals surface area (Å²) in [5, 5.41) is 0.706. The predicted octanol–water partition coefficient (Wildman–Crippen LogP) is 2.85. The van der Waals surface area contributed by atoms with E-state index in [4.69, 9.17) is 4.74 Å². The van der Waals surface area contributed by atoms with Gasteiger partial charge in [0.2, 0.25) is 0 Å². The van der Waals surface area contributed by atoms with Gasteiger partial charge < -0.3 is 4.74 Å². The molecule has 0 saturated heterocycles. The van der Waals surface area contributed by atoms with Crippen molar-refractivity contribution < 1.29 is 9.53 Å². The zero-order valence-corrected chi connectivity index (χ0v) is 13.7. The molecule has 2 heterocycles. The first-order valence-corrected chi connectivity index (χ1v) is 8.59. The van der Waals surface area contributed by atoms with Crippen molar-refractivity contribution in [2.75, 3.05) is 6.61 Å². The minimum atomic E-state index is -0.387. The van der Waals surface area contributed by atoms with Gasteiger partial charge in [0.05, 0.1) is 18.3 Å². The lowest BCUT2D eigenvalue weighted by atomic mass is 9.88. The summed E-state index contributed by atoms with van der Waals surface area (Å²) in [6.07, 6.45) is 5.53. The van der Waals surface area contributed by atoms with Gasteiger partial charge in [0.1, 0.15) is 11.4 Å². The van der Waals surface area contributed by atoms with Gasteiger partial charge in [-0.1, -0.05) is 13.8 Å². The van der Waals surface area contributed by atoms with Crippen molar-refractivity contribution in [3.05, 3.63) is 27.1 Å². The summed E-state index contributed by atoms with van der Waals surface area (Å²) < 4.78 is 6.42. The van der Waals surface area contributed by atoms with E-state index in [9.17, 15) is 9.59 Å². The first-order chi connectivity index (χ1) is 10.6.